The largest absolute Gasteiger partial charge is 0.382 e. The summed E-state index contributed by atoms with van der Waals surface area (Å²) in [6, 6.07) is 9.99. The van der Waals surface area contributed by atoms with Crippen molar-refractivity contribution in [3.05, 3.63) is 30.3 Å². The Labute approximate surface area is 122 Å². The van der Waals surface area contributed by atoms with Gasteiger partial charge in [-0.2, -0.15) is 4.37 Å². The Balaban J connectivity index is 2.14. The van der Waals surface area contributed by atoms with Crippen molar-refractivity contribution in [3.8, 4) is 11.1 Å². The number of anilines is 2. The van der Waals surface area contributed by atoms with E-state index in [1.165, 1.54) is 11.5 Å². The summed E-state index contributed by atoms with van der Waals surface area (Å²) in [6.07, 6.45) is -0.00746. The van der Waals surface area contributed by atoms with E-state index in [4.69, 9.17) is 15.2 Å². The summed E-state index contributed by atoms with van der Waals surface area (Å²) in [7, 11) is 3.33. The zero-order chi connectivity index (χ0) is 14.4. The fourth-order valence-corrected chi connectivity index (χ4v) is 2.65. The molecule has 1 atom stereocenters. The molecule has 1 heterocycles. The summed E-state index contributed by atoms with van der Waals surface area (Å²) in [5.41, 5.74) is 7.98. The van der Waals surface area contributed by atoms with Crippen LogP contribution >= 0.6 is 11.5 Å². The highest BCUT2D eigenvalue weighted by atomic mass is 32.1. The molecule has 0 amide bonds. The van der Waals surface area contributed by atoms with Crippen molar-refractivity contribution in [2.24, 2.45) is 0 Å². The summed E-state index contributed by atoms with van der Waals surface area (Å²) in [6.45, 7) is 1.18. The van der Waals surface area contributed by atoms with Crippen LogP contribution in [0, 0.1) is 0 Å². The molecule has 0 aliphatic rings. The maximum Gasteiger partial charge on any atom is 0.147 e. The molecule has 0 aliphatic carbocycles. The molecule has 2 aromatic rings. The van der Waals surface area contributed by atoms with Gasteiger partial charge in [0.2, 0.25) is 0 Å². The molecule has 1 aromatic heterocycles. The average Bonchev–Trinajstić information content (AvgIpc) is 2.85. The maximum absolute atomic E-state index is 5.97. The van der Waals surface area contributed by atoms with Crippen molar-refractivity contribution >= 4 is 22.4 Å². The SMILES string of the molecule is COCC(CNc1snc(N)c1-c1ccccc1)OC. The van der Waals surface area contributed by atoms with Crippen molar-refractivity contribution in [3.63, 3.8) is 0 Å². The lowest BCUT2D eigenvalue weighted by atomic mass is 10.1. The second-order valence-electron chi connectivity index (χ2n) is 4.33. The Morgan fingerprint density at radius 2 is 2.05 bits per heavy atom. The van der Waals surface area contributed by atoms with E-state index in [-0.39, 0.29) is 6.10 Å². The Kier molecular flexibility index (Phi) is 5.34. The summed E-state index contributed by atoms with van der Waals surface area (Å²) >= 11 is 1.36. The third-order valence-electron chi connectivity index (χ3n) is 2.96. The molecule has 0 radical (unpaired) electrons. The molecule has 1 unspecified atom stereocenters. The van der Waals surface area contributed by atoms with Gasteiger partial charge in [0.25, 0.3) is 0 Å². The Morgan fingerprint density at radius 3 is 2.70 bits per heavy atom. The fourth-order valence-electron chi connectivity index (χ4n) is 1.91. The van der Waals surface area contributed by atoms with E-state index in [0.717, 1.165) is 16.1 Å². The van der Waals surface area contributed by atoms with Crippen LogP contribution in [-0.4, -0.2) is 37.8 Å². The van der Waals surface area contributed by atoms with E-state index in [1.54, 1.807) is 14.2 Å². The van der Waals surface area contributed by atoms with E-state index in [2.05, 4.69) is 9.69 Å². The van der Waals surface area contributed by atoms with Crippen LogP contribution in [0.3, 0.4) is 0 Å². The first-order chi connectivity index (χ1) is 9.76. The van der Waals surface area contributed by atoms with E-state index in [1.807, 2.05) is 30.3 Å². The van der Waals surface area contributed by atoms with Gasteiger partial charge < -0.3 is 20.5 Å². The quantitative estimate of drug-likeness (QED) is 0.820. The first kappa shape index (κ1) is 14.8. The zero-order valence-corrected chi connectivity index (χ0v) is 12.4. The number of nitrogen functional groups attached to an aromatic ring is 1. The lowest BCUT2D eigenvalue weighted by molar-refractivity contribution is 0.0366. The maximum atomic E-state index is 5.97. The second kappa shape index (κ2) is 7.23. The molecule has 0 fully saturated rings. The minimum Gasteiger partial charge on any atom is -0.382 e. The van der Waals surface area contributed by atoms with Crippen LogP contribution in [0.4, 0.5) is 10.8 Å². The molecule has 0 spiro atoms. The molecule has 2 rings (SSSR count). The van der Waals surface area contributed by atoms with Crippen LogP contribution < -0.4 is 11.1 Å². The van der Waals surface area contributed by atoms with Crippen molar-refractivity contribution in [1.82, 2.24) is 4.37 Å². The van der Waals surface area contributed by atoms with Gasteiger partial charge in [-0.1, -0.05) is 30.3 Å². The molecule has 0 bridgehead atoms. The number of nitrogens with one attached hydrogen (secondary N) is 1. The van der Waals surface area contributed by atoms with E-state index in [0.29, 0.717) is 19.0 Å². The molecule has 20 heavy (non-hydrogen) atoms. The van der Waals surface area contributed by atoms with Crippen molar-refractivity contribution in [2.75, 3.05) is 38.4 Å². The lowest BCUT2D eigenvalue weighted by Gasteiger charge is -2.15. The van der Waals surface area contributed by atoms with Crippen molar-refractivity contribution in [2.45, 2.75) is 6.10 Å². The normalized spacial score (nSPS) is 12.3. The van der Waals surface area contributed by atoms with Gasteiger partial charge in [-0.15, -0.1) is 0 Å². The molecule has 3 N–H and O–H groups in total. The number of hydrogen-bond donors (Lipinski definition) is 2. The van der Waals surface area contributed by atoms with Crippen LogP contribution in [0.1, 0.15) is 0 Å². The van der Waals surface area contributed by atoms with Gasteiger partial charge in [0.1, 0.15) is 10.8 Å². The Hall–Kier alpha value is -1.63. The molecule has 1 aromatic carbocycles. The molecular formula is C14H19N3O2S. The topological polar surface area (TPSA) is 69.4 Å². The Morgan fingerprint density at radius 1 is 1.30 bits per heavy atom. The minimum atomic E-state index is -0.00746. The number of nitrogens with zero attached hydrogens (tertiary/aromatic N) is 1. The average molecular weight is 293 g/mol. The highest BCUT2D eigenvalue weighted by molar-refractivity contribution is 7.11. The Bertz CT molecular complexity index is 530. The molecule has 0 aliphatic heterocycles. The van der Waals surface area contributed by atoms with Gasteiger partial charge in [-0.3, -0.25) is 0 Å². The summed E-state index contributed by atoms with van der Waals surface area (Å²) in [4.78, 5) is 0. The van der Waals surface area contributed by atoms with Crippen molar-refractivity contribution in [1.29, 1.82) is 0 Å². The summed E-state index contributed by atoms with van der Waals surface area (Å²) < 4.78 is 14.7. The minimum absolute atomic E-state index is 0.00746. The number of nitrogens with two attached hydrogens (primary N) is 1. The van der Waals surface area contributed by atoms with Gasteiger partial charge in [0.05, 0.1) is 18.3 Å². The summed E-state index contributed by atoms with van der Waals surface area (Å²) in [5.74, 6) is 0.546. The van der Waals surface area contributed by atoms with Crippen LogP contribution in [0.5, 0.6) is 0 Å². The number of hydrogen-bond acceptors (Lipinski definition) is 6. The van der Waals surface area contributed by atoms with Crippen LogP contribution in [-0.2, 0) is 9.47 Å². The number of methoxy groups -OCH3 is 2. The highest BCUT2D eigenvalue weighted by Gasteiger charge is 2.15. The monoisotopic (exact) mass is 293 g/mol. The number of aromatic nitrogens is 1. The molecule has 6 heteroatoms. The third-order valence-corrected chi connectivity index (χ3v) is 3.78. The van der Waals surface area contributed by atoms with Gasteiger partial charge in [0.15, 0.2) is 0 Å². The third kappa shape index (κ3) is 3.47. The predicted molar refractivity (Wildman–Crippen MR) is 83.1 cm³/mol. The zero-order valence-electron chi connectivity index (χ0n) is 11.6. The lowest BCUT2D eigenvalue weighted by Crippen LogP contribution is -2.26. The van der Waals surface area contributed by atoms with Crippen LogP contribution in [0.25, 0.3) is 11.1 Å². The first-order valence-corrected chi connectivity index (χ1v) is 7.09. The smallest absolute Gasteiger partial charge is 0.147 e. The van der Waals surface area contributed by atoms with E-state index in [9.17, 15) is 0 Å². The highest BCUT2D eigenvalue weighted by Crippen LogP contribution is 2.36. The molecule has 5 nitrogen and oxygen atoms in total. The van der Waals surface area contributed by atoms with Crippen molar-refractivity contribution < 1.29 is 9.47 Å². The molecule has 108 valence electrons. The van der Waals surface area contributed by atoms with Gasteiger partial charge in [-0.05, 0) is 17.1 Å². The van der Waals surface area contributed by atoms with Crippen LogP contribution in [0.2, 0.25) is 0 Å². The molecule has 0 saturated heterocycles. The first-order valence-electron chi connectivity index (χ1n) is 6.32. The number of ether oxygens (including phenoxy) is 2. The van der Waals surface area contributed by atoms with Crippen LogP contribution in [0.15, 0.2) is 30.3 Å². The van der Waals surface area contributed by atoms with Gasteiger partial charge >= 0.3 is 0 Å². The van der Waals surface area contributed by atoms with Gasteiger partial charge in [0, 0.05) is 20.8 Å². The fraction of sp³-hybridized carbons (Fsp3) is 0.357. The number of benzene rings is 1. The standard InChI is InChI=1S/C14H19N3O2S/c1-18-9-11(19-2)8-16-14-12(13(15)17-20-14)10-6-4-3-5-7-10/h3-7,11,16H,8-9H2,1-2H3,(H2,15,17). The van der Waals surface area contributed by atoms with E-state index >= 15 is 0 Å². The predicted octanol–water partition coefficient (Wildman–Crippen LogP) is 2.47. The van der Waals surface area contributed by atoms with E-state index < -0.39 is 0 Å². The molecular weight excluding hydrogens is 274 g/mol. The second-order valence-corrected chi connectivity index (χ2v) is 5.11. The summed E-state index contributed by atoms with van der Waals surface area (Å²) in [5, 5.41) is 4.29. The van der Waals surface area contributed by atoms with Gasteiger partial charge in [-0.25, -0.2) is 0 Å². The number of rotatable bonds is 7. The molecule has 0 saturated carbocycles.